The Morgan fingerprint density at radius 1 is 0.458 bits per heavy atom. The molecule has 2 aliphatic carbocycles. The fourth-order valence-corrected chi connectivity index (χ4v) is 20.2. The van der Waals surface area contributed by atoms with Crippen LogP contribution in [0.5, 0.6) is 0 Å². The number of benzene rings is 8. The molecule has 8 aromatic carbocycles. The summed E-state index contributed by atoms with van der Waals surface area (Å²) in [5.74, 6) is 4.23. The highest BCUT2D eigenvalue weighted by Crippen LogP contribution is 2.45. The first kappa shape index (κ1) is 93.0. The van der Waals surface area contributed by atoms with Gasteiger partial charge in [0.05, 0.1) is 67.1 Å². The van der Waals surface area contributed by atoms with Crippen LogP contribution < -0.4 is 54.1 Å². The van der Waals surface area contributed by atoms with E-state index >= 15 is 0 Å². The van der Waals surface area contributed by atoms with Crippen molar-refractivity contribution in [3.63, 3.8) is 0 Å². The maximum atomic E-state index is 13.6. The van der Waals surface area contributed by atoms with Gasteiger partial charge in [-0.3, -0.25) is 62.7 Å². The van der Waals surface area contributed by atoms with Crippen LogP contribution in [0.25, 0.3) is 61.4 Å². The van der Waals surface area contributed by atoms with E-state index in [1.807, 2.05) is 244 Å². The van der Waals surface area contributed by atoms with Gasteiger partial charge in [0.1, 0.15) is 87.7 Å². The lowest BCUT2D eigenvalue weighted by Gasteiger charge is -2.34. The first-order chi connectivity index (χ1) is 69.8. The van der Waals surface area contributed by atoms with Crippen molar-refractivity contribution in [3.8, 4) is 28.3 Å². The van der Waals surface area contributed by atoms with Gasteiger partial charge >= 0.3 is 11.4 Å². The molecule has 2 saturated carbocycles. The zero-order valence-corrected chi connectivity index (χ0v) is 81.8. The van der Waals surface area contributed by atoms with E-state index < -0.39 is 0 Å². The smallest absolute Gasteiger partial charge is 0.332 e. The molecule has 726 valence electrons. The summed E-state index contributed by atoms with van der Waals surface area (Å²) in [4.78, 5) is 84.2. The Morgan fingerprint density at radius 2 is 0.910 bits per heavy atom. The van der Waals surface area contributed by atoms with Gasteiger partial charge in [0.25, 0.3) is 11.5 Å². The van der Waals surface area contributed by atoms with Gasteiger partial charge in [0.2, 0.25) is 11.9 Å². The normalized spacial score (nSPS) is 15.5. The molecular weight excluding hydrogens is 1830 g/mol. The Bertz CT molecular complexity index is 8000. The van der Waals surface area contributed by atoms with Crippen molar-refractivity contribution in [2.75, 3.05) is 33.2 Å². The Balaban J connectivity index is 0.000000113. The molecular formula is C106H107N33O4S. The number of carbonyl (C=O) groups excluding carboxylic acids is 1. The van der Waals surface area contributed by atoms with Gasteiger partial charge in [-0.2, -0.15) is 40.7 Å². The Kier molecular flexibility index (Phi) is 25.2. The number of pyridine rings is 1. The van der Waals surface area contributed by atoms with Crippen molar-refractivity contribution in [2.45, 2.75) is 153 Å². The third-order valence-corrected chi connectivity index (χ3v) is 27.2. The first-order valence-corrected chi connectivity index (χ1v) is 48.7. The number of nitrogens with zero attached hydrogens (tertiary/aromatic N) is 27. The molecule has 4 atom stereocenters. The second-order valence-corrected chi connectivity index (χ2v) is 39.9. The van der Waals surface area contributed by atoms with Gasteiger partial charge in [0, 0.05) is 74.0 Å². The Labute approximate surface area is 830 Å². The molecule has 11 aromatic heterocycles. The van der Waals surface area contributed by atoms with E-state index in [2.05, 4.69) is 137 Å². The lowest BCUT2D eigenvalue weighted by Crippen LogP contribution is -2.51. The van der Waals surface area contributed by atoms with E-state index in [9.17, 15) is 19.2 Å². The number of guanidine groups is 1. The summed E-state index contributed by atoms with van der Waals surface area (Å²) < 4.78 is 20.7. The maximum absolute atomic E-state index is 13.6. The number of hydrogen-bond acceptors (Lipinski definition) is 25. The summed E-state index contributed by atoms with van der Waals surface area (Å²) in [6, 6.07) is 79.2. The molecule has 24 rings (SSSR count). The molecule has 0 spiro atoms. The van der Waals surface area contributed by atoms with E-state index in [4.69, 9.17) is 36.2 Å². The summed E-state index contributed by atoms with van der Waals surface area (Å²) in [7, 11) is 4.97. The molecule has 0 bridgehead atoms. The second kappa shape index (κ2) is 39.0. The van der Waals surface area contributed by atoms with Gasteiger partial charge in [-0.1, -0.05) is 193 Å². The average molecular weight is 1940 g/mol. The fraction of sp³-hybridized carbons (Fsp3) is 0.255. The predicted octanol–water partition coefficient (Wildman–Crippen LogP) is 15.7. The molecule has 19 aromatic rings. The van der Waals surface area contributed by atoms with Crippen molar-refractivity contribution in [2.24, 2.45) is 29.9 Å². The number of fused-ring (bicyclic) bond motifs is 12. The van der Waals surface area contributed by atoms with Crippen molar-refractivity contribution in [1.82, 2.24) is 121 Å². The van der Waals surface area contributed by atoms with Crippen LogP contribution in [-0.4, -0.2) is 158 Å². The van der Waals surface area contributed by atoms with Crippen molar-refractivity contribution in [3.05, 3.63) is 351 Å². The largest absolute Gasteiger partial charge is 0.351 e. The number of anilines is 8. The number of aromatic nitrogens is 24. The third kappa shape index (κ3) is 18.9. The molecule has 38 heteroatoms. The molecule has 5 aliphatic rings. The third-order valence-electron chi connectivity index (χ3n) is 26.1. The minimum Gasteiger partial charge on any atom is -0.351 e. The van der Waals surface area contributed by atoms with Gasteiger partial charge in [-0.25, -0.2) is 57.6 Å². The van der Waals surface area contributed by atoms with E-state index in [1.54, 1.807) is 54.1 Å². The molecule has 6 N–H and O–H groups in total. The Hall–Kier alpha value is -17.3. The van der Waals surface area contributed by atoms with Crippen LogP contribution in [0.15, 0.2) is 310 Å². The minimum atomic E-state index is -0.361. The van der Waals surface area contributed by atoms with Gasteiger partial charge in [-0.05, 0) is 169 Å². The number of para-hydroxylation sites is 3. The molecule has 2 fully saturated rings. The van der Waals surface area contributed by atoms with Crippen LogP contribution in [0.2, 0.25) is 0 Å². The van der Waals surface area contributed by atoms with Crippen molar-refractivity contribution < 1.29 is 4.79 Å². The van der Waals surface area contributed by atoms with Gasteiger partial charge in [-0.15, -0.1) is 0 Å². The summed E-state index contributed by atoms with van der Waals surface area (Å²) in [6.45, 7) is 15.3. The van der Waals surface area contributed by atoms with E-state index in [1.165, 1.54) is 53.3 Å². The topological polar surface area (TPSA) is 397 Å². The highest BCUT2D eigenvalue weighted by atomic mass is 32.2. The summed E-state index contributed by atoms with van der Waals surface area (Å²) in [6.07, 6.45) is 18.0. The summed E-state index contributed by atoms with van der Waals surface area (Å²) >= 11 is 1.48. The Morgan fingerprint density at radius 3 is 1.42 bits per heavy atom. The summed E-state index contributed by atoms with van der Waals surface area (Å²) in [5.41, 5.74) is 13.1. The number of aliphatic imine (C=N–C) groups is 1. The summed E-state index contributed by atoms with van der Waals surface area (Å²) in [5, 5.41) is 66.5. The van der Waals surface area contributed by atoms with Crippen LogP contribution in [0, 0.1) is 21.6 Å². The SMILES string of the molecule is CN1C(=O)c2c(nn(Cc3ccc(-n4cncn4)cc3)c2Nc2ccccc2)N2C1=N[C@@H]1CCC[C@@H]12.Cn1c(=N)c2c(Nc3ccccc3)n(Cc3ccc(-n4cncn4)cc3)nc2n(CC(C)(C)C)c1=O.Cn1c(=O)c2c(Sc3ccccc3)n(Cc3ccc(-n4cncn4)cc3)nc2n(CC(C)(C)C)c1=O.N=c1nc2n(c3nn(Cc4ccc(-c5ccccn5)cc4)c(Nc4ccccc4)c13)[C@H]1CCC[C@H]1N2. The van der Waals surface area contributed by atoms with Crippen LogP contribution in [0.4, 0.5) is 46.3 Å². The molecule has 1 amide bonds. The maximum Gasteiger partial charge on any atom is 0.332 e. The second-order valence-electron chi connectivity index (χ2n) is 38.9. The zero-order chi connectivity index (χ0) is 99.2. The van der Waals surface area contributed by atoms with E-state index in [-0.39, 0.29) is 56.7 Å². The zero-order valence-electron chi connectivity index (χ0n) is 81.0. The van der Waals surface area contributed by atoms with E-state index in [0.717, 1.165) is 133 Å². The van der Waals surface area contributed by atoms with Gasteiger partial charge in [0.15, 0.2) is 28.2 Å². The number of amides is 1. The van der Waals surface area contributed by atoms with Gasteiger partial charge < -0.3 is 21.3 Å². The highest BCUT2D eigenvalue weighted by molar-refractivity contribution is 7.99. The average Bonchev–Trinajstić information content (AvgIpc) is 1.55. The van der Waals surface area contributed by atoms with Crippen molar-refractivity contribution in [1.29, 1.82) is 10.8 Å². The van der Waals surface area contributed by atoms with Crippen LogP contribution in [0.1, 0.15) is 119 Å². The lowest BCUT2D eigenvalue weighted by atomic mass is 9.97. The first-order valence-electron chi connectivity index (χ1n) is 47.9. The number of nitrogens with one attached hydrogen (secondary N) is 6. The molecule has 14 heterocycles. The van der Waals surface area contributed by atoms with Crippen LogP contribution in [-0.2, 0) is 53.4 Å². The fourth-order valence-electron chi connectivity index (χ4n) is 19.2. The van der Waals surface area contributed by atoms with Crippen LogP contribution in [0.3, 0.4) is 0 Å². The quantitative estimate of drug-likeness (QED) is 0.0367. The van der Waals surface area contributed by atoms with Crippen LogP contribution >= 0.6 is 11.8 Å². The monoisotopic (exact) mass is 1940 g/mol. The molecule has 3 aliphatic heterocycles. The molecule has 0 radical (unpaired) electrons. The molecule has 37 nitrogen and oxygen atoms in total. The lowest BCUT2D eigenvalue weighted by molar-refractivity contribution is 0.0865. The number of rotatable bonds is 22. The molecule has 0 saturated heterocycles. The predicted molar refractivity (Wildman–Crippen MR) is 554 cm³/mol. The van der Waals surface area contributed by atoms with Crippen molar-refractivity contribution >= 4 is 103 Å². The molecule has 0 unspecified atom stereocenters. The minimum absolute atomic E-state index is 0.0915. The number of hydrogen-bond donors (Lipinski definition) is 6. The highest BCUT2D eigenvalue weighted by Gasteiger charge is 2.50. The number of carbonyl (C=O) groups is 1. The molecule has 144 heavy (non-hydrogen) atoms. The standard InChI is InChI=1S/C28H26N8.C26H25N9O.C26H29N9O.C26H27N7O2S/c29-25-24-26(31-20-7-2-1-3-8-20)35(17-18-12-14-19(15-13-18)21-9-4-5-16-30-21)34-27(24)36-23-11-6-10-22(23)32-28(36)33-25;1-32-25(36)22-23(29-18-6-3-2-4-7-18)33(14-17-10-12-19(13-11-17)34-16-27-15-28-34)31-24(22)35-21-9-5-8-20(21)30-26(32)35;1-26(2,3)15-33-24-21(22(27)32(4)25(33)36)23(30-19-8-6-5-7-9-19)34(31-24)14-18-10-12-20(13-11-18)35-17-28-16-29-35;1-26(2,3)15-31-22-21(23(34)30(4)25(31)35)24(36-20-8-6-5-7-9-20)32(29-22)14-18-10-12-19(13-11-18)33-17-27-16-28-33/h1-5,7-9,12-16,22-23,31H,6,10-11,17H2,(H2,29,32,33);2-4,6-7,10-13,15-16,20-21,29H,5,8-9,14H2,1H3;5-13,16-17,27,30H,14-15H2,1-4H3;5-13,16-17H,14-15H2,1-4H3/t22-,23+;20-,21+;;/m11../s1. The van der Waals surface area contributed by atoms with E-state index in [0.29, 0.717) is 101 Å².